The first kappa shape index (κ1) is 23.8. The van der Waals surface area contributed by atoms with Crippen LogP contribution in [-0.2, 0) is 16.5 Å². The first-order chi connectivity index (χ1) is 16.9. The van der Waals surface area contributed by atoms with Crippen molar-refractivity contribution in [1.82, 2.24) is 24.5 Å². The third-order valence-corrected chi connectivity index (χ3v) is 6.87. The van der Waals surface area contributed by atoms with E-state index in [1.165, 1.54) is 0 Å². The van der Waals surface area contributed by atoms with E-state index in [4.69, 9.17) is 21.1 Å². The summed E-state index contributed by atoms with van der Waals surface area (Å²) in [5.74, 6) is -0.481. The van der Waals surface area contributed by atoms with Gasteiger partial charge in [-0.3, -0.25) is 0 Å². The molecule has 0 aliphatic carbocycles. The fourth-order valence-electron chi connectivity index (χ4n) is 4.27. The second-order valence-corrected chi connectivity index (χ2v) is 9.54. The van der Waals surface area contributed by atoms with E-state index in [2.05, 4.69) is 36.5 Å². The molecule has 35 heavy (non-hydrogen) atoms. The van der Waals surface area contributed by atoms with Gasteiger partial charge in [0.2, 0.25) is 0 Å². The number of carbonyl (C=O) groups is 1. The van der Waals surface area contributed by atoms with Crippen molar-refractivity contribution in [2.24, 2.45) is 7.05 Å². The van der Waals surface area contributed by atoms with Crippen LogP contribution in [0.15, 0.2) is 41.1 Å². The van der Waals surface area contributed by atoms with E-state index in [1.54, 1.807) is 11.6 Å². The molecular formula is C24H24BrClN6O3. The molecule has 2 aromatic carbocycles. The number of aromatic nitrogens is 5. The van der Waals surface area contributed by atoms with Crippen LogP contribution in [0.2, 0.25) is 5.02 Å². The lowest BCUT2D eigenvalue weighted by atomic mass is 10.00. The Balaban J connectivity index is 1.69. The Morgan fingerprint density at radius 2 is 2.06 bits per heavy atom. The quantitative estimate of drug-likeness (QED) is 0.324. The number of fused-ring (bicyclic) bond motifs is 1. The fourth-order valence-corrected chi connectivity index (χ4v) is 5.06. The lowest BCUT2D eigenvalue weighted by Crippen LogP contribution is -2.34. The van der Waals surface area contributed by atoms with Crippen LogP contribution in [0.5, 0.6) is 0 Å². The summed E-state index contributed by atoms with van der Waals surface area (Å²) < 4.78 is 15.1. The number of hydrogen-bond acceptors (Lipinski definition) is 7. The maximum absolute atomic E-state index is 13.0. The van der Waals surface area contributed by atoms with E-state index >= 15 is 0 Å². The molecule has 5 rings (SSSR count). The molecule has 11 heteroatoms. The molecule has 1 fully saturated rings. The molecule has 2 aromatic heterocycles. The number of esters is 1. The molecule has 1 aliphatic rings. The second kappa shape index (κ2) is 9.60. The van der Waals surface area contributed by atoms with Crippen molar-refractivity contribution in [3.8, 4) is 0 Å². The molecule has 1 unspecified atom stereocenters. The van der Waals surface area contributed by atoms with Crippen molar-refractivity contribution in [2.75, 3.05) is 25.1 Å². The summed E-state index contributed by atoms with van der Waals surface area (Å²) in [6.45, 7) is 5.08. The van der Waals surface area contributed by atoms with Gasteiger partial charge in [-0.05, 0) is 65.2 Å². The Bertz CT molecular complexity index is 1400. The highest BCUT2D eigenvalue weighted by Gasteiger charge is 2.35. The van der Waals surface area contributed by atoms with Gasteiger partial charge in [-0.1, -0.05) is 28.9 Å². The van der Waals surface area contributed by atoms with Crippen LogP contribution in [0, 0.1) is 6.92 Å². The van der Waals surface area contributed by atoms with E-state index in [1.807, 2.05) is 54.9 Å². The number of carbonyl (C=O) groups excluding carboxylic acids is 1. The molecule has 3 heterocycles. The van der Waals surface area contributed by atoms with Gasteiger partial charge in [0.1, 0.15) is 5.52 Å². The van der Waals surface area contributed by atoms with E-state index < -0.39 is 12.0 Å². The van der Waals surface area contributed by atoms with Crippen molar-refractivity contribution >= 4 is 50.2 Å². The SMILES string of the molecule is CCOC(=O)c1nc(Br)n(C2COC2)c1C(Nc1cc(C)c2nnn(C)c2c1)c1ccc(Cl)cc1. The Labute approximate surface area is 215 Å². The highest BCUT2D eigenvalue weighted by molar-refractivity contribution is 9.10. The molecule has 1 saturated heterocycles. The summed E-state index contributed by atoms with van der Waals surface area (Å²) in [7, 11) is 1.86. The van der Waals surface area contributed by atoms with Crippen molar-refractivity contribution < 1.29 is 14.3 Å². The maximum atomic E-state index is 13.0. The predicted molar refractivity (Wildman–Crippen MR) is 136 cm³/mol. The van der Waals surface area contributed by atoms with Gasteiger partial charge in [-0.25, -0.2) is 14.5 Å². The molecule has 0 bridgehead atoms. The third-order valence-electron chi connectivity index (χ3n) is 6.06. The van der Waals surface area contributed by atoms with Gasteiger partial charge in [-0.15, -0.1) is 5.10 Å². The average molecular weight is 560 g/mol. The van der Waals surface area contributed by atoms with Crippen LogP contribution < -0.4 is 5.32 Å². The number of rotatable bonds is 7. The number of hydrogen-bond donors (Lipinski definition) is 1. The minimum Gasteiger partial charge on any atom is -0.461 e. The van der Waals surface area contributed by atoms with Gasteiger partial charge >= 0.3 is 5.97 Å². The molecule has 182 valence electrons. The third kappa shape index (κ3) is 4.41. The molecule has 1 aliphatic heterocycles. The minimum atomic E-state index is -0.481. The monoisotopic (exact) mass is 558 g/mol. The van der Waals surface area contributed by atoms with E-state index in [0.29, 0.717) is 28.7 Å². The lowest BCUT2D eigenvalue weighted by molar-refractivity contribution is -0.0255. The van der Waals surface area contributed by atoms with Gasteiger partial charge in [0.05, 0.1) is 43.1 Å². The topological polar surface area (TPSA) is 96.1 Å². The zero-order valence-electron chi connectivity index (χ0n) is 19.5. The maximum Gasteiger partial charge on any atom is 0.358 e. The normalized spacial score (nSPS) is 14.7. The molecule has 1 atom stereocenters. The highest BCUT2D eigenvalue weighted by atomic mass is 79.9. The molecule has 1 N–H and O–H groups in total. The van der Waals surface area contributed by atoms with E-state index in [0.717, 1.165) is 27.8 Å². The van der Waals surface area contributed by atoms with Crippen LogP contribution in [0.4, 0.5) is 5.69 Å². The molecule has 0 amide bonds. The number of aryl methyl sites for hydroxylation is 2. The molecule has 0 saturated carbocycles. The Kier molecular flexibility index (Phi) is 6.52. The Morgan fingerprint density at radius 3 is 2.71 bits per heavy atom. The number of halogens is 2. The standard InChI is InChI=1S/C24H24BrClN6O3/c1-4-35-23(33)21-22(32(24(25)28-21)17-11-34-12-17)20(14-5-7-15(26)8-6-14)27-16-9-13(2)19-18(10-16)31(3)30-29-19/h5-10,17,20,27H,4,11-12H2,1-3H3. The van der Waals surface area contributed by atoms with Crippen molar-refractivity contribution in [3.63, 3.8) is 0 Å². The van der Waals surface area contributed by atoms with Crippen LogP contribution >= 0.6 is 27.5 Å². The Morgan fingerprint density at radius 1 is 1.31 bits per heavy atom. The highest BCUT2D eigenvalue weighted by Crippen LogP contribution is 2.37. The summed E-state index contributed by atoms with van der Waals surface area (Å²) >= 11 is 9.77. The van der Waals surface area contributed by atoms with Crippen molar-refractivity contribution in [2.45, 2.75) is 25.9 Å². The largest absolute Gasteiger partial charge is 0.461 e. The first-order valence-corrected chi connectivity index (χ1v) is 12.4. The van der Waals surface area contributed by atoms with Crippen LogP contribution in [-0.4, -0.2) is 50.3 Å². The fraction of sp³-hybridized carbons (Fsp3) is 0.333. The minimum absolute atomic E-state index is 0.0390. The van der Waals surface area contributed by atoms with Gasteiger partial charge in [0, 0.05) is 17.8 Å². The first-order valence-electron chi connectivity index (χ1n) is 11.2. The average Bonchev–Trinajstić information content (AvgIpc) is 3.33. The van der Waals surface area contributed by atoms with E-state index in [9.17, 15) is 4.79 Å². The molecule has 4 aromatic rings. The zero-order chi connectivity index (χ0) is 24.7. The second-order valence-electron chi connectivity index (χ2n) is 8.40. The van der Waals surface area contributed by atoms with Crippen LogP contribution in [0.25, 0.3) is 11.0 Å². The van der Waals surface area contributed by atoms with Gasteiger partial charge < -0.3 is 19.4 Å². The van der Waals surface area contributed by atoms with Crippen LogP contribution in [0.1, 0.15) is 46.3 Å². The zero-order valence-corrected chi connectivity index (χ0v) is 21.8. The van der Waals surface area contributed by atoms with E-state index in [-0.39, 0.29) is 18.3 Å². The number of imidazole rings is 1. The number of benzene rings is 2. The smallest absolute Gasteiger partial charge is 0.358 e. The van der Waals surface area contributed by atoms with Crippen molar-refractivity contribution in [1.29, 1.82) is 0 Å². The molecule has 0 spiro atoms. The summed E-state index contributed by atoms with van der Waals surface area (Å²) in [6.07, 6.45) is 0. The molecular weight excluding hydrogens is 536 g/mol. The summed E-state index contributed by atoms with van der Waals surface area (Å²) in [6, 6.07) is 11.2. The van der Waals surface area contributed by atoms with Gasteiger partial charge in [-0.2, -0.15) is 0 Å². The number of anilines is 1. The number of nitrogens with one attached hydrogen (secondary N) is 1. The van der Waals surface area contributed by atoms with Crippen molar-refractivity contribution in [3.05, 3.63) is 68.7 Å². The summed E-state index contributed by atoms with van der Waals surface area (Å²) in [5.41, 5.74) is 5.42. The number of ether oxygens (including phenoxy) is 2. The van der Waals surface area contributed by atoms with Crippen LogP contribution in [0.3, 0.4) is 0 Å². The summed E-state index contributed by atoms with van der Waals surface area (Å²) in [4.78, 5) is 17.6. The predicted octanol–water partition coefficient (Wildman–Crippen LogP) is 4.84. The number of nitrogens with zero attached hydrogens (tertiary/aromatic N) is 5. The molecule has 0 radical (unpaired) electrons. The van der Waals surface area contributed by atoms with Gasteiger partial charge in [0.15, 0.2) is 10.4 Å². The Hall–Kier alpha value is -2.95. The lowest BCUT2D eigenvalue weighted by Gasteiger charge is -2.32. The van der Waals surface area contributed by atoms with Gasteiger partial charge in [0.25, 0.3) is 0 Å². The molecule has 9 nitrogen and oxygen atoms in total. The summed E-state index contributed by atoms with van der Waals surface area (Å²) in [5, 5.41) is 12.7.